The van der Waals surface area contributed by atoms with Crippen molar-refractivity contribution in [3.05, 3.63) is 0 Å². The van der Waals surface area contributed by atoms with Crippen LogP contribution in [0, 0.1) is 0 Å². The summed E-state index contributed by atoms with van der Waals surface area (Å²) < 4.78 is 11.6. The van der Waals surface area contributed by atoms with E-state index in [1.54, 1.807) is 0 Å². The van der Waals surface area contributed by atoms with Gasteiger partial charge in [-0.3, -0.25) is 4.90 Å². The minimum atomic E-state index is 0. The Kier molecular flexibility index (Phi) is 8.84. The van der Waals surface area contributed by atoms with Crippen molar-refractivity contribution >= 4 is 24.8 Å². The fourth-order valence-corrected chi connectivity index (χ4v) is 3.13. The lowest BCUT2D eigenvalue weighted by molar-refractivity contribution is -0.108. The van der Waals surface area contributed by atoms with Crippen LogP contribution >= 0.6 is 24.8 Å². The molecule has 4 nitrogen and oxygen atoms in total. The molecule has 116 valence electrons. The van der Waals surface area contributed by atoms with Crippen LogP contribution in [-0.4, -0.2) is 62.5 Å². The number of hydrogen-bond donors (Lipinski definition) is 1. The van der Waals surface area contributed by atoms with Gasteiger partial charge in [0.25, 0.3) is 0 Å². The Morgan fingerprint density at radius 2 is 1.68 bits per heavy atom. The third-order valence-corrected chi connectivity index (χ3v) is 3.95. The van der Waals surface area contributed by atoms with E-state index in [1.165, 1.54) is 0 Å². The second kappa shape index (κ2) is 8.65. The topological polar surface area (TPSA) is 33.7 Å². The Morgan fingerprint density at radius 3 is 2.16 bits per heavy atom. The highest BCUT2D eigenvalue weighted by Gasteiger charge is 2.35. The van der Waals surface area contributed by atoms with Gasteiger partial charge in [-0.25, -0.2) is 0 Å². The number of ether oxygens (including phenoxy) is 2. The summed E-state index contributed by atoms with van der Waals surface area (Å²) in [7, 11) is 1.86. The summed E-state index contributed by atoms with van der Waals surface area (Å²) in [4.78, 5) is 2.51. The fraction of sp³-hybridized carbons (Fsp3) is 1.00. The standard InChI is InChI=1S/C13H26N2O2.2ClH/c1-11-8-15(9-12(2)17-11)10-13(16-3)4-6-14-7-5-13;;/h11-12,14H,4-10H2,1-3H3;2*1H/t11-,12+;;. The minimum Gasteiger partial charge on any atom is -0.377 e. The Labute approximate surface area is 129 Å². The first kappa shape index (κ1) is 19.4. The van der Waals surface area contributed by atoms with E-state index in [-0.39, 0.29) is 30.4 Å². The maximum Gasteiger partial charge on any atom is 0.0829 e. The fourth-order valence-electron chi connectivity index (χ4n) is 3.13. The van der Waals surface area contributed by atoms with Gasteiger partial charge in [-0.1, -0.05) is 0 Å². The van der Waals surface area contributed by atoms with Crippen molar-refractivity contribution in [1.82, 2.24) is 10.2 Å². The van der Waals surface area contributed by atoms with Crippen LogP contribution in [0.1, 0.15) is 26.7 Å². The van der Waals surface area contributed by atoms with Crippen molar-refractivity contribution in [3.8, 4) is 0 Å². The molecule has 0 aliphatic carbocycles. The van der Waals surface area contributed by atoms with Crippen molar-refractivity contribution in [2.24, 2.45) is 0 Å². The molecule has 0 aromatic heterocycles. The summed E-state index contributed by atoms with van der Waals surface area (Å²) in [5.41, 5.74) is 0.0576. The van der Waals surface area contributed by atoms with Gasteiger partial charge < -0.3 is 14.8 Å². The first-order valence-corrected chi connectivity index (χ1v) is 6.77. The van der Waals surface area contributed by atoms with E-state index in [0.717, 1.165) is 45.6 Å². The number of nitrogens with zero attached hydrogens (tertiary/aromatic N) is 1. The molecule has 2 rings (SSSR count). The molecule has 2 atom stereocenters. The van der Waals surface area contributed by atoms with Crippen molar-refractivity contribution in [1.29, 1.82) is 0 Å². The predicted molar refractivity (Wildman–Crippen MR) is 82.8 cm³/mol. The van der Waals surface area contributed by atoms with Gasteiger partial charge in [0.2, 0.25) is 0 Å². The number of rotatable bonds is 3. The lowest BCUT2D eigenvalue weighted by Gasteiger charge is -2.43. The normalized spacial score (nSPS) is 31.1. The van der Waals surface area contributed by atoms with Crippen LogP contribution in [0.3, 0.4) is 0 Å². The van der Waals surface area contributed by atoms with E-state index in [2.05, 4.69) is 24.1 Å². The molecular formula is C13H28Cl2N2O2. The van der Waals surface area contributed by atoms with Gasteiger partial charge in [0.1, 0.15) is 0 Å². The summed E-state index contributed by atoms with van der Waals surface area (Å²) in [6, 6.07) is 0. The smallest absolute Gasteiger partial charge is 0.0829 e. The highest BCUT2D eigenvalue weighted by atomic mass is 35.5. The first-order chi connectivity index (χ1) is 8.13. The summed E-state index contributed by atoms with van der Waals surface area (Å²) in [5, 5.41) is 3.41. The quantitative estimate of drug-likeness (QED) is 0.860. The highest BCUT2D eigenvalue weighted by Crippen LogP contribution is 2.25. The van der Waals surface area contributed by atoms with Crippen molar-refractivity contribution in [2.75, 3.05) is 39.8 Å². The first-order valence-electron chi connectivity index (χ1n) is 6.77. The van der Waals surface area contributed by atoms with Gasteiger partial charge in [-0.15, -0.1) is 24.8 Å². The van der Waals surface area contributed by atoms with Crippen LogP contribution in [0.4, 0.5) is 0 Å². The zero-order valence-corrected chi connectivity index (χ0v) is 13.8. The van der Waals surface area contributed by atoms with Crippen LogP contribution < -0.4 is 5.32 Å². The summed E-state index contributed by atoms with van der Waals surface area (Å²) in [6.07, 6.45) is 2.91. The van der Waals surface area contributed by atoms with Gasteiger partial charge in [0.05, 0.1) is 17.8 Å². The zero-order chi connectivity index (χ0) is 12.3. The average Bonchev–Trinajstić information content (AvgIpc) is 2.29. The molecule has 2 heterocycles. The molecule has 2 aliphatic heterocycles. The lowest BCUT2D eigenvalue weighted by Crippen LogP contribution is -2.55. The third-order valence-electron chi connectivity index (χ3n) is 3.95. The SMILES string of the molecule is COC1(CN2C[C@@H](C)O[C@@H](C)C2)CCNCC1.Cl.Cl. The molecule has 2 saturated heterocycles. The Morgan fingerprint density at radius 1 is 1.16 bits per heavy atom. The number of morpholine rings is 1. The monoisotopic (exact) mass is 314 g/mol. The maximum absolute atomic E-state index is 5.83. The number of methoxy groups -OCH3 is 1. The van der Waals surface area contributed by atoms with E-state index >= 15 is 0 Å². The molecule has 0 unspecified atom stereocenters. The molecule has 2 aliphatic rings. The highest BCUT2D eigenvalue weighted by molar-refractivity contribution is 5.85. The molecule has 2 fully saturated rings. The van der Waals surface area contributed by atoms with Crippen LogP contribution in [0.25, 0.3) is 0 Å². The van der Waals surface area contributed by atoms with E-state index in [0.29, 0.717) is 12.2 Å². The van der Waals surface area contributed by atoms with Crippen LogP contribution in [0.5, 0.6) is 0 Å². The second-order valence-electron chi connectivity index (χ2n) is 5.59. The molecule has 1 N–H and O–H groups in total. The Hall–Kier alpha value is 0.420. The average molecular weight is 315 g/mol. The lowest BCUT2D eigenvalue weighted by atomic mass is 9.91. The van der Waals surface area contributed by atoms with E-state index in [4.69, 9.17) is 9.47 Å². The van der Waals surface area contributed by atoms with Gasteiger partial charge in [0, 0.05) is 26.7 Å². The van der Waals surface area contributed by atoms with Gasteiger partial charge >= 0.3 is 0 Å². The molecule has 0 amide bonds. The number of piperidine rings is 1. The zero-order valence-electron chi connectivity index (χ0n) is 12.2. The molecule has 6 heteroatoms. The molecular weight excluding hydrogens is 287 g/mol. The van der Waals surface area contributed by atoms with Crippen LogP contribution in [-0.2, 0) is 9.47 Å². The van der Waals surface area contributed by atoms with Gasteiger partial charge in [0.15, 0.2) is 0 Å². The van der Waals surface area contributed by atoms with Crippen molar-refractivity contribution in [3.63, 3.8) is 0 Å². The van der Waals surface area contributed by atoms with E-state index in [9.17, 15) is 0 Å². The molecule has 0 aromatic rings. The van der Waals surface area contributed by atoms with E-state index < -0.39 is 0 Å². The molecule has 0 spiro atoms. The molecule has 0 aromatic carbocycles. The maximum atomic E-state index is 5.83. The second-order valence-corrected chi connectivity index (χ2v) is 5.59. The summed E-state index contributed by atoms with van der Waals surface area (Å²) >= 11 is 0. The molecule has 0 radical (unpaired) electrons. The Bertz CT molecular complexity index is 241. The summed E-state index contributed by atoms with van der Waals surface area (Å²) in [5.74, 6) is 0. The van der Waals surface area contributed by atoms with Crippen molar-refractivity contribution < 1.29 is 9.47 Å². The van der Waals surface area contributed by atoms with Gasteiger partial charge in [-0.2, -0.15) is 0 Å². The molecule has 19 heavy (non-hydrogen) atoms. The number of halogens is 2. The van der Waals surface area contributed by atoms with Gasteiger partial charge in [-0.05, 0) is 39.8 Å². The van der Waals surface area contributed by atoms with Crippen LogP contribution in [0.15, 0.2) is 0 Å². The van der Waals surface area contributed by atoms with Crippen LogP contribution in [0.2, 0.25) is 0 Å². The third kappa shape index (κ3) is 5.37. The Balaban J connectivity index is 0.00000162. The summed E-state index contributed by atoms with van der Waals surface area (Å²) in [6.45, 7) is 9.57. The molecule has 0 saturated carbocycles. The number of nitrogens with one attached hydrogen (secondary N) is 1. The number of hydrogen-bond acceptors (Lipinski definition) is 4. The predicted octanol–water partition coefficient (Wildman–Crippen LogP) is 1.71. The van der Waals surface area contributed by atoms with Crippen molar-refractivity contribution in [2.45, 2.75) is 44.5 Å². The molecule has 0 bridgehead atoms. The largest absolute Gasteiger partial charge is 0.377 e. The minimum absolute atomic E-state index is 0. The van der Waals surface area contributed by atoms with E-state index in [1.807, 2.05) is 7.11 Å².